The number of aromatic nitrogens is 3. The van der Waals surface area contributed by atoms with Crippen molar-refractivity contribution < 1.29 is 17.9 Å². The lowest BCUT2D eigenvalue weighted by molar-refractivity contribution is 0.0952. The summed E-state index contributed by atoms with van der Waals surface area (Å²) in [5, 5.41) is 8.86. The number of nitrogens with one attached hydrogen (secondary N) is 1. The predicted octanol–water partition coefficient (Wildman–Crippen LogP) is 4.36. The van der Waals surface area contributed by atoms with Crippen molar-refractivity contribution in [1.29, 1.82) is 0 Å². The third-order valence-corrected chi connectivity index (χ3v) is 8.37. The van der Waals surface area contributed by atoms with Gasteiger partial charge in [-0.1, -0.05) is 35.9 Å². The Morgan fingerprint density at radius 1 is 1.19 bits per heavy atom. The Morgan fingerprint density at radius 2 is 1.97 bits per heavy atom. The molecule has 1 aliphatic heterocycles. The molecule has 1 unspecified atom stereocenters. The third kappa shape index (κ3) is 4.81. The number of carbonyl (C=O) groups excluding carboxylic acids is 1. The fraction of sp³-hybridized carbons (Fsp3) is 0.269. The maximum absolute atomic E-state index is 13.5. The van der Waals surface area contributed by atoms with Gasteiger partial charge in [0.1, 0.15) is 5.75 Å². The van der Waals surface area contributed by atoms with Gasteiger partial charge in [0.25, 0.3) is 5.91 Å². The second-order valence-corrected chi connectivity index (χ2v) is 11.5. The number of fused-ring (bicyclic) bond motifs is 1. The number of hydrogen-bond donors (Lipinski definition) is 1. The maximum Gasteiger partial charge on any atom is 0.252 e. The number of rotatable bonds is 6. The number of nitrogens with zero attached hydrogens (tertiary/aromatic N) is 3. The van der Waals surface area contributed by atoms with Crippen molar-refractivity contribution in [1.82, 2.24) is 20.1 Å². The Kier molecular flexibility index (Phi) is 6.44. The van der Waals surface area contributed by atoms with E-state index in [1.54, 1.807) is 30.0 Å². The predicted molar refractivity (Wildman–Crippen MR) is 139 cm³/mol. The molecular weight excluding hydrogens is 500 g/mol. The molecule has 36 heavy (non-hydrogen) atoms. The van der Waals surface area contributed by atoms with Gasteiger partial charge in [0.2, 0.25) is 0 Å². The fourth-order valence-electron chi connectivity index (χ4n) is 4.53. The van der Waals surface area contributed by atoms with E-state index in [9.17, 15) is 13.2 Å². The Bertz CT molecular complexity index is 1570. The zero-order valence-corrected chi connectivity index (χ0v) is 21.4. The topological polar surface area (TPSA) is 103 Å². The summed E-state index contributed by atoms with van der Waals surface area (Å²) in [5.74, 6) is 0.506. The van der Waals surface area contributed by atoms with Gasteiger partial charge in [-0.3, -0.25) is 4.79 Å². The highest BCUT2D eigenvalue weighted by Crippen LogP contribution is 2.33. The van der Waals surface area contributed by atoms with Crippen molar-refractivity contribution in [3.05, 3.63) is 76.4 Å². The number of amides is 1. The SMILES string of the molecule is COc1cccc(-c2cc(C(=O)NCc3ccc(Cl)cc3)c3c(C)nn(C4CCS(=O)(=O)C4)c3n2)c1. The lowest BCUT2D eigenvalue weighted by Gasteiger charge is -2.13. The van der Waals surface area contributed by atoms with Gasteiger partial charge in [0.15, 0.2) is 15.5 Å². The Balaban J connectivity index is 1.61. The van der Waals surface area contributed by atoms with Crippen LogP contribution in [0.2, 0.25) is 5.02 Å². The van der Waals surface area contributed by atoms with Crippen molar-refractivity contribution in [2.75, 3.05) is 18.6 Å². The molecule has 1 N–H and O–H groups in total. The molecule has 3 heterocycles. The van der Waals surface area contributed by atoms with Crippen molar-refractivity contribution in [3.8, 4) is 17.0 Å². The number of methoxy groups -OCH3 is 1. The molecule has 186 valence electrons. The molecule has 1 atom stereocenters. The van der Waals surface area contributed by atoms with E-state index in [1.807, 2.05) is 43.3 Å². The minimum absolute atomic E-state index is 0.00633. The Morgan fingerprint density at radius 3 is 2.67 bits per heavy atom. The van der Waals surface area contributed by atoms with Crippen LogP contribution in [0.5, 0.6) is 5.75 Å². The van der Waals surface area contributed by atoms with Gasteiger partial charge in [-0.05, 0) is 49.2 Å². The van der Waals surface area contributed by atoms with Gasteiger partial charge in [-0.25, -0.2) is 18.1 Å². The van der Waals surface area contributed by atoms with Gasteiger partial charge in [-0.15, -0.1) is 0 Å². The smallest absolute Gasteiger partial charge is 0.252 e. The quantitative estimate of drug-likeness (QED) is 0.402. The van der Waals surface area contributed by atoms with Crippen LogP contribution in [0.15, 0.2) is 54.6 Å². The van der Waals surface area contributed by atoms with Crippen LogP contribution < -0.4 is 10.1 Å². The summed E-state index contributed by atoms with van der Waals surface area (Å²) in [6.45, 7) is 2.13. The first-order valence-corrected chi connectivity index (χ1v) is 13.7. The summed E-state index contributed by atoms with van der Waals surface area (Å²) in [7, 11) is -1.55. The van der Waals surface area contributed by atoms with Crippen LogP contribution in [-0.2, 0) is 16.4 Å². The normalized spacial score (nSPS) is 16.8. The number of hydrogen-bond acceptors (Lipinski definition) is 6. The Labute approximate surface area is 214 Å². The minimum atomic E-state index is -3.14. The molecule has 1 aliphatic rings. The second-order valence-electron chi connectivity index (χ2n) is 8.88. The lowest BCUT2D eigenvalue weighted by Crippen LogP contribution is -2.23. The van der Waals surface area contributed by atoms with Crippen LogP contribution in [0.1, 0.15) is 34.1 Å². The van der Waals surface area contributed by atoms with Crippen molar-refractivity contribution in [3.63, 3.8) is 0 Å². The van der Waals surface area contributed by atoms with Gasteiger partial charge in [0, 0.05) is 17.1 Å². The summed E-state index contributed by atoms with van der Waals surface area (Å²) in [6.07, 6.45) is 0.460. The van der Waals surface area contributed by atoms with Crippen LogP contribution in [0.25, 0.3) is 22.3 Å². The first kappa shape index (κ1) is 24.3. The summed E-state index contributed by atoms with van der Waals surface area (Å²) in [4.78, 5) is 18.3. The van der Waals surface area contributed by atoms with E-state index in [0.29, 0.717) is 51.7 Å². The lowest BCUT2D eigenvalue weighted by atomic mass is 10.0. The number of aryl methyl sites for hydroxylation is 1. The molecular formula is C26H25ClN4O4S. The van der Waals surface area contributed by atoms with E-state index in [4.69, 9.17) is 21.3 Å². The minimum Gasteiger partial charge on any atom is -0.497 e. The number of sulfone groups is 1. The number of benzene rings is 2. The second kappa shape index (κ2) is 9.55. The highest BCUT2D eigenvalue weighted by molar-refractivity contribution is 7.91. The number of ether oxygens (including phenoxy) is 1. The van der Waals surface area contributed by atoms with Gasteiger partial charge >= 0.3 is 0 Å². The first-order chi connectivity index (χ1) is 17.2. The van der Waals surface area contributed by atoms with Crippen LogP contribution in [0.3, 0.4) is 0 Å². The molecule has 10 heteroatoms. The van der Waals surface area contributed by atoms with Gasteiger partial charge in [0.05, 0.1) is 47.0 Å². The number of halogens is 1. The monoisotopic (exact) mass is 524 g/mol. The summed E-state index contributed by atoms with van der Waals surface area (Å²) in [5.41, 5.74) is 3.79. The average Bonchev–Trinajstić information content (AvgIpc) is 3.41. The molecule has 0 spiro atoms. The molecule has 2 aromatic carbocycles. The summed E-state index contributed by atoms with van der Waals surface area (Å²) < 4.78 is 31.4. The maximum atomic E-state index is 13.5. The van der Waals surface area contributed by atoms with Crippen LogP contribution in [-0.4, -0.2) is 47.7 Å². The molecule has 0 radical (unpaired) electrons. The zero-order chi connectivity index (χ0) is 25.4. The number of pyridine rings is 1. The number of carbonyl (C=O) groups is 1. The van der Waals surface area contributed by atoms with E-state index in [1.165, 1.54) is 0 Å². The molecule has 1 saturated heterocycles. The highest BCUT2D eigenvalue weighted by atomic mass is 35.5. The summed E-state index contributed by atoms with van der Waals surface area (Å²) >= 11 is 5.97. The van der Waals surface area contributed by atoms with Crippen LogP contribution in [0.4, 0.5) is 0 Å². The van der Waals surface area contributed by atoms with Crippen LogP contribution in [0, 0.1) is 6.92 Å². The average molecular weight is 525 g/mol. The van der Waals surface area contributed by atoms with E-state index in [-0.39, 0.29) is 23.5 Å². The largest absolute Gasteiger partial charge is 0.497 e. The van der Waals surface area contributed by atoms with Crippen LogP contribution >= 0.6 is 11.6 Å². The van der Waals surface area contributed by atoms with Gasteiger partial charge < -0.3 is 10.1 Å². The van der Waals surface area contributed by atoms with Gasteiger partial charge in [-0.2, -0.15) is 5.10 Å². The molecule has 1 amide bonds. The molecule has 2 aromatic heterocycles. The van der Waals surface area contributed by atoms with Crippen molar-refractivity contribution >= 4 is 38.4 Å². The van der Waals surface area contributed by atoms with E-state index >= 15 is 0 Å². The molecule has 0 saturated carbocycles. The first-order valence-electron chi connectivity index (χ1n) is 11.5. The van der Waals surface area contributed by atoms with E-state index in [0.717, 1.165) is 11.1 Å². The summed E-state index contributed by atoms with van der Waals surface area (Å²) in [6, 6.07) is 16.1. The molecule has 5 rings (SSSR count). The standard InChI is InChI=1S/C26H25ClN4O4S/c1-16-24-22(26(32)28-14-17-6-8-19(27)9-7-17)13-23(18-4-3-5-21(12-18)35-2)29-25(24)31(30-16)20-10-11-36(33,34)15-20/h3-9,12-13,20H,10-11,14-15H2,1-2H3,(H,28,32). The molecule has 0 aliphatic carbocycles. The van der Waals surface area contributed by atoms with Crippen molar-refractivity contribution in [2.45, 2.75) is 25.9 Å². The fourth-order valence-corrected chi connectivity index (χ4v) is 6.34. The molecule has 4 aromatic rings. The van der Waals surface area contributed by atoms with Crippen molar-refractivity contribution in [2.24, 2.45) is 0 Å². The molecule has 0 bridgehead atoms. The van der Waals surface area contributed by atoms with E-state index < -0.39 is 9.84 Å². The zero-order valence-electron chi connectivity index (χ0n) is 19.9. The highest BCUT2D eigenvalue weighted by Gasteiger charge is 2.32. The van der Waals surface area contributed by atoms with E-state index in [2.05, 4.69) is 10.4 Å². The Hall–Kier alpha value is -3.43. The third-order valence-electron chi connectivity index (χ3n) is 6.37. The molecule has 8 nitrogen and oxygen atoms in total. The molecule has 1 fully saturated rings.